The fourth-order valence-electron chi connectivity index (χ4n) is 1.96. The second kappa shape index (κ2) is 5.12. The molecule has 0 atom stereocenters. The standard InChI is InChI=1S/C13H12F3N3O2/c1-7-6-10(19(2)18-7)17-11-8(12(20)21)4-3-5-9(11)13(14,15)16/h3-6,17H,1-2H3,(H,20,21). The van der Waals surface area contributed by atoms with E-state index in [-0.39, 0.29) is 5.82 Å². The van der Waals surface area contributed by atoms with Gasteiger partial charge in [-0.2, -0.15) is 18.3 Å². The average molecular weight is 299 g/mol. The molecular formula is C13H12F3N3O2. The summed E-state index contributed by atoms with van der Waals surface area (Å²) < 4.78 is 40.5. The first-order valence-corrected chi connectivity index (χ1v) is 5.91. The molecule has 0 aliphatic carbocycles. The summed E-state index contributed by atoms with van der Waals surface area (Å²) in [5.41, 5.74) is -1.40. The van der Waals surface area contributed by atoms with Crippen molar-refractivity contribution in [2.75, 3.05) is 5.32 Å². The van der Waals surface area contributed by atoms with Crippen LogP contribution in [-0.2, 0) is 13.2 Å². The number of hydrogen-bond donors (Lipinski definition) is 2. The van der Waals surface area contributed by atoms with Crippen molar-refractivity contribution >= 4 is 17.5 Å². The summed E-state index contributed by atoms with van der Waals surface area (Å²) in [5.74, 6) is -1.17. The summed E-state index contributed by atoms with van der Waals surface area (Å²) in [6, 6.07) is 4.53. The van der Waals surface area contributed by atoms with Crippen LogP contribution in [0.15, 0.2) is 24.3 Å². The quantitative estimate of drug-likeness (QED) is 0.913. The van der Waals surface area contributed by atoms with Gasteiger partial charge in [-0.3, -0.25) is 4.68 Å². The van der Waals surface area contributed by atoms with E-state index < -0.39 is 29.0 Å². The summed E-state index contributed by atoms with van der Waals surface area (Å²) in [5, 5.41) is 15.6. The molecule has 1 heterocycles. The van der Waals surface area contributed by atoms with Gasteiger partial charge < -0.3 is 10.4 Å². The van der Waals surface area contributed by atoms with Crippen molar-refractivity contribution in [2.45, 2.75) is 13.1 Å². The van der Waals surface area contributed by atoms with Crippen molar-refractivity contribution in [2.24, 2.45) is 7.05 Å². The van der Waals surface area contributed by atoms with Crippen LogP contribution in [0.5, 0.6) is 0 Å². The number of hydrogen-bond acceptors (Lipinski definition) is 3. The second-order valence-electron chi connectivity index (χ2n) is 4.45. The molecule has 0 saturated heterocycles. The largest absolute Gasteiger partial charge is 0.478 e. The molecule has 1 aromatic carbocycles. The predicted molar refractivity (Wildman–Crippen MR) is 69.6 cm³/mol. The zero-order chi connectivity index (χ0) is 15.8. The number of para-hydroxylation sites is 1. The molecule has 2 rings (SSSR count). The van der Waals surface area contributed by atoms with Gasteiger partial charge in [0.15, 0.2) is 0 Å². The average Bonchev–Trinajstić information content (AvgIpc) is 2.66. The number of aryl methyl sites for hydroxylation is 2. The topological polar surface area (TPSA) is 67.2 Å². The number of nitrogens with zero attached hydrogens (tertiary/aromatic N) is 2. The van der Waals surface area contributed by atoms with E-state index in [4.69, 9.17) is 5.11 Å². The Kier molecular flexibility index (Phi) is 3.63. The Morgan fingerprint density at radius 2 is 2.05 bits per heavy atom. The minimum absolute atomic E-state index is 0.270. The van der Waals surface area contributed by atoms with Crippen LogP contribution >= 0.6 is 0 Å². The number of carboxylic acids is 1. The maximum atomic E-state index is 13.0. The molecule has 0 aliphatic rings. The zero-order valence-corrected chi connectivity index (χ0v) is 11.2. The van der Waals surface area contributed by atoms with Crippen LogP contribution in [-0.4, -0.2) is 20.9 Å². The molecule has 5 nitrogen and oxygen atoms in total. The Hall–Kier alpha value is -2.51. The molecule has 0 amide bonds. The van der Waals surface area contributed by atoms with Crippen LogP contribution in [0.3, 0.4) is 0 Å². The molecule has 0 fully saturated rings. The van der Waals surface area contributed by atoms with Gasteiger partial charge in [0.05, 0.1) is 22.5 Å². The number of rotatable bonds is 3. The van der Waals surface area contributed by atoms with Crippen LogP contribution in [0.1, 0.15) is 21.6 Å². The van der Waals surface area contributed by atoms with Gasteiger partial charge in [-0.15, -0.1) is 0 Å². The highest BCUT2D eigenvalue weighted by Gasteiger charge is 2.35. The minimum atomic E-state index is -4.67. The van der Waals surface area contributed by atoms with E-state index in [0.717, 1.165) is 18.2 Å². The normalized spacial score (nSPS) is 11.5. The molecule has 1 aromatic heterocycles. The lowest BCUT2D eigenvalue weighted by atomic mass is 10.1. The monoisotopic (exact) mass is 299 g/mol. The van der Waals surface area contributed by atoms with E-state index in [1.165, 1.54) is 10.7 Å². The van der Waals surface area contributed by atoms with Gasteiger partial charge in [0.1, 0.15) is 5.82 Å². The highest BCUT2D eigenvalue weighted by Crippen LogP contribution is 2.38. The van der Waals surface area contributed by atoms with Crippen molar-refractivity contribution in [1.29, 1.82) is 0 Å². The smallest absolute Gasteiger partial charge is 0.418 e. The van der Waals surface area contributed by atoms with Crippen LogP contribution in [0.25, 0.3) is 0 Å². The molecule has 21 heavy (non-hydrogen) atoms. The second-order valence-corrected chi connectivity index (χ2v) is 4.45. The van der Waals surface area contributed by atoms with Crippen molar-refractivity contribution < 1.29 is 23.1 Å². The highest BCUT2D eigenvalue weighted by molar-refractivity contribution is 5.96. The van der Waals surface area contributed by atoms with Crippen LogP contribution < -0.4 is 5.32 Å². The lowest BCUT2D eigenvalue weighted by Crippen LogP contribution is -2.14. The molecule has 0 radical (unpaired) electrons. The summed E-state index contributed by atoms with van der Waals surface area (Å²) in [4.78, 5) is 11.2. The summed E-state index contributed by atoms with van der Waals surface area (Å²) in [6.07, 6.45) is -4.67. The maximum Gasteiger partial charge on any atom is 0.418 e. The molecule has 2 N–H and O–H groups in total. The predicted octanol–water partition coefficient (Wildman–Crippen LogP) is 3.19. The van der Waals surface area contributed by atoms with Gasteiger partial charge in [0.2, 0.25) is 0 Å². The number of alkyl halides is 3. The van der Waals surface area contributed by atoms with Crippen molar-refractivity contribution in [3.63, 3.8) is 0 Å². The number of carboxylic acid groups (broad SMARTS) is 1. The zero-order valence-electron chi connectivity index (χ0n) is 11.2. The molecule has 0 saturated carbocycles. The lowest BCUT2D eigenvalue weighted by molar-refractivity contribution is -0.136. The number of aromatic nitrogens is 2. The number of anilines is 2. The third-order valence-corrected chi connectivity index (χ3v) is 2.86. The summed E-state index contributed by atoms with van der Waals surface area (Å²) >= 11 is 0. The van der Waals surface area contributed by atoms with E-state index in [0.29, 0.717) is 5.69 Å². The van der Waals surface area contributed by atoms with E-state index >= 15 is 0 Å². The Balaban J connectivity index is 2.59. The summed E-state index contributed by atoms with van der Waals surface area (Å²) in [7, 11) is 1.55. The van der Waals surface area contributed by atoms with Gasteiger partial charge in [-0.25, -0.2) is 4.79 Å². The number of carbonyl (C=O) groups is 1. The van der Waals surface area contributed by atoms with Gasteiger partial charge in [0.25, 0.3) is 0 Å². The number of benzene rings is 1. The first-order chi connectivity index (χ1) is 9.70. The van der Waals surface area contributed by atoms with Gasteiger partial charge in [-0.05, 0) is 19.1 Å². The SMILES string of the molecule is Cc1cc(Nc2c(C(=O)O)cccc2C(F)(F)F)n(C)n1. The van der Waals surface area contributed by atoms with Crippen molar-refractivity contribution in [3.05, 3.63) is 41.1 Å². The molecule has 0 unspecified atom stereocenters. The molecule has 2 aromatic rings. The molecule has 0 bridgehead atoms. The van der Waals surface area contributed by atoms with Crippen LogP contribution in [0.2, 0.25) is 0 Å². The molecule has 8 heteroatoms. The number of halogens is 3. The fourth-order valence-corrected chi connectivity index (χ4v) is 1.96. The molecule has 0 spiro atoms. The Labute approximate surface area is 118 Å². The van der Waals surface area contributed by atoms with Crippen molar-refractivity contribution in [1.82, 2.24) is 9.78 Å². The van der Waals surface area contributed by atoms with E-state index in [1.807, 2.05) is 0 Å². The fraction of sp³-hybridized carbons (Fsp3) is 0.231. The van der Waals surface area contributed by atoms with Gasteiger partial charge >= 0.3 is 12.1 Å². The Bertz CT molecular complexity index is 692. The Morgan fingerprint density at radius 1 is 1.38 bits per heavy atom. The minimum Gasteiger partial charge on any atom is -0.478 e. The Morgan fingerprint density at radius 3 is 2.52 bits per heavy atom. The first-order valence-electron chi connectivity index (χ1n) is 5.91. The van der Waals surface area contributed by atoms with E-state index in [2.05, 4.69) is 10.4 Å². The van der Waals surface area contributed by atoms with Gasteiger partial charge in [-0.1, -0.05) is 6.07 Å². The van der Waals surface area contributed by atoms with Crippen LogP contribution in [0, 0.1) is 6.92 Å². The number of nitrogens with one attached hydrogen (secondary N) is 1. The van der Waals surface area contributed by atoms with Gasteiger partial charge in [0, 0.05) is 13.1 Å². The lowest BCUT2D eigenvalue weighted by Gasteiger charge is -2.16. The van der Waals surface area contributed by atoms with E-state index in [9.17, 15) is 18.0 Å². The number of aromatic carboxylic acids is 1. The third kappa shape index (κ3) is 2.99. The summed E-state index contributed by atoms with van der Waals surface area (Å²) in [6.45, 7) is 1.68. The van der Waals surface area contributed by atoms with E-state index in [1.54, 1.807) is 14.0 Å². The third-order valence-electron chi connectivity index (χ3n) is 2.86. The highest BCUT2D eigenvalue weighted by atomic mass is 19.4. The molecule has 0 aliphatic heterocycles. The van der Waals surface area contributed by atoms with Crippen LogP contribution in [0.4, 0.5) is 24.7 Å². The first kappa shape index (κ1) is 14.9. The van der Waals surface area contributed by atoms with Crippen molar-refractivity contribution in [3.8, 4) is 0 Å². The molecular weight excluding hydrogens is 287 g/mol. The molecule has 112 valence electrons. The maximum absolute atomic E-state index is 13.0.